The van der Waals surface area contributed by atoms with E-state index in [2.05, 4.69) is 295 Å². The quantitative estimate of drug-likeness (QED) is 0.130. The number of nitrogens with one attached hydrogen (secondary N) is 1. The number of nitrogens with zero attached hydrogens (tertiary/aromatic N) is 11. The average molecular weight is 2020 g/mol. The SMILES string of the molecule is Brc1ccc2c(c1)-c1ccccc1C2.Brc1ccc2c(c1)c1ccccc1n2-c1nc(-c2ccccc2)nc(-c2ccccc2)n1.C.C.CC1(C)OB(c2ccc3c(c2)-c2ccccc2C3)OC1(C)C.Clc1nc(-c2ccccc2)nc(-c2ccccc2)n1.[2H]CF.[H-].[H-].[H-].[K+].[K+].[Na+].c1ccc(-c2nc(-c3ccccc3)nc(-n3c4ccccc4c4cc(-c5ccc6[nH]c7ccccc7c6c5)ccc43)n2)cc1. The van der Waals surface area contributed by atoms with Gasteiger partial charge in [-0.1, -0.05) is 368 Å². The van der Waals surface area contributed by atoms with Crippen LogP contribution in [0.3, 0.4) is 0 Å². The van der Waals surface area contributed by atoms with Gasteiger partial charge in [0, 0.05) is 85.7 Å². The fourth-order valence-corrected chi connectivity index (χ4v) is 18.4. The van der Waals surface area contributed by atoms with Crippen LogP contribution in [0.25, 0.3) is 179 Å². The van der Waals surface area contributed by atoms with Crippen LogP contribution in [0, 0.1) is 0 Å². The summed E-state index contributed by atoms with van der Waals surface area (Å²) in [6.07, 6.45) is 2.11. The van der Waals surface area contributed by atoms with E-state index in [1.54, 1.807) is 0 Å². The third-order valence-electron chi connectivity index (χ3n) is 24.7. The van der Waals surface area contributed by atoms with Crippen LogP contribution in [0.1, 0.15) is 70.5 Å². The largest absolute Gasteiger partial charge is 1.00 e. The van der Waals surface area contributed by atoms with Crippen molar-refractivity contribution in [3.05, 3.63) is 431 Å². The van der Waals surface area contributed by atoms with Gasteiger partial charge in [-0.15, -0.1) is 0 Å². The van der Waals surface area contributed by atoms with Crippen molar-refractivity contribution in [2.45, 2.75) is 66.6 Å². The summed E-state index contributed by atoms with van der Waals surface area (Å²) in [4.78, 5) is 46.0. The van der Waals surface area contributed by atoms with E-state index in [0.29, 0.717) is 46.8 Å². The van der Waals surface area contributed by atoms with Gasteiger partial charge < -0.3 is 18.6 Å². The Bertz CT molecular complexity index is 7940. The molecule has 0 spiro atoms. The first kappa shape index (κ1) is 100. The van der Waals surface area contributed by atoms with E-state index >= 15 is 0 Å². The van der Waals surface area contributed by atoms with Crippen molar-refractivity contribution in [2.75, 3.05) is 7.15 Å². The molecule has 6 aromatic heterocycles. The van der Waals surface area contributed by atoms with E-state index in [4.69, 9.17) is 52.2 Å². The predicted molar refractivity (Wildman–Crippen MR) is 565 cm³/mol. The maximum Gasteiger partial charge on any atom is 1.00 e. The molecule has 25 rings (SSSR count). The number of aromatic amines is 1. The van der Waals surface area contributed by atoms with Crippen LogP contribution in [-0.4, -0.2) is 84.4 Å². The van der Waals surface area contributed by atoms with Gasteiger partial charge in [-0.3, -0.25) is 13.5 Å². The molecule has 138 heavy (non-hydrogen) atoms. The molecule has 2 aliphatic carbocycles. The molecule has 1 aliphatic heterocycles. The molecule has 0 unspecified atom stereocenters. The second-order valence-electron chi connectivity index (χ2n) is 33.5. The zero-order valence-corrected chi connectivity index (χ0v) is 88.1. The number of alkyl halides is 1. The molecule has 666 valence electrons. The van der Waals surface area contributed by atoms with Crippen LogP contribution in [0.2, 0.25) is 5.28 Å². The molecule has 14 nitrogen and oxygen atoms in total. The summed E-state index contributed by atoms with van der Waals surface area (Å²) in [5, 5.41) is 7.28. The first-order valence-corrected chi connectivity index (χ1v) is 45.8. The van der Waals surface area contributed by atoms with Gasteiger partial charge in [-0.25, -0.2) is 15.0 Å². The van der Waals surface area contributed by atoms with Crippen molar-refractivity contribution in [3.8, 4) is 114 Å². The number of para-hydroxylation sites is 3. The molecule has 0 amide bonds. The monoisotopic (exact) mass is 2010 g/mol. The number of benzene rings is 16. The second kappa shape index (κ2) is 45.3. The maximum absolute atomic E-state index is 9.96. The number of halogens is 4. The smallest absolute Gasteiger partial charge is 1.00 e. The first-order chi connectivity index (χ1) is 65.5. The molecule has 1 saturated heterocycles. The van der Waals surface area contributed by atoms with Crippen molar-refractivity contribution in [1.82, 2.24) is 59.0 Å². The molecular formula is C116H96BBr2ClFK2N12NaO2. The summed E-state index contributed by atoms with van der Waals surface area (Å²) in [7, 11) is -1.29. The molecule has 1 N–H and O–H groups in total. The molecule has 22 heteroatoms. The number of aromatic nitrogens is 12. The first-order valence-electron chi connectivity index (χ1n) is 44.5. The minimum atomic E-state index is -1.00. The van der Waals surface area contributed by atoms with Crippen LogP contribution < -0.4 is 138 Å². The molecule has 22 aromatic rings. The Morgan fingerprint density at radius 3 is 1.08 bits per heavy atom. The van der Waals surface area contributed by atoms with Crippen LogP contribution in [0.4, 0.5) is 4.39 Å². The Kier molecular flexibility index (Phi) is 33.0. The van der Waals surface area contributed by atoms with Gasteiger partial charge in [0.05, 0.1) is 41.8 Å². The average Bonchev–Trinajstić information content (AvgIpc) is 1.58. The zero-order chi connectivity index (χ0) is 91.4. The molecule has 1 fully saturated rings. The van der Waals surface area contributed by atoms with Gasteiger partial charge in [-0.2, -0.15) is 29.9 Å². The van der Waals surface area contributed by atoms with Crippen molar-refractivity contribution in [2.24, 2.45) is 0 Å². The molecule has 0 radical (unpaired) electrons. The summed E-state index contributed by atoms with van der Waals surface area (Å²) in [5.74, 6) is 4.95. The summed E-state index contributed by atoms with van der Waals surface area (Å²) in [5.41, 5.74) is 26.1. The number of hydrogen-bond donors (Lipinski definition) is 1. The van der Waals surface area contributed by atoms with E-state index in [9.17, 15) is 4.39 Å². The van der Waals surface area contributed by atoms with Gasteiger partial charge in [-0.05, 0) is 186 Å². The van der Waals surface area contributed by atoms with Crippen LogP contribution in [0.5, 0.6) is 0 Å². The van der Waals surface area contributed by atoms with Crippen molar-refractivity contribution >= 4 is 121 Å². The van der Waals surface area contributed by atoms with E-state index in [1.807, 2.05) is 188 Å². The van der Waals surface area contributed by atoms with Crippen molar-refractivity contribution < 1.29 is 152 Å². The Morgan fingerprint density at radius 2 is 0.638 bits per heavy atom. The van der Waals surface area contributed by atoms with E-state index in [0.717, 1.165) is 121 Å². The molecular weight excluding hydrogens is 1920 g/mol. The van der Waals surface area contributed by atoms with Crippen LogP contribution >= 0.6 is 43.5 Å². The third-order valence-corrected chi connectivity index (χ3v) is 25.9. The molecule has 16 aromatic carbocycles. The van der Waals surface area contributed by atoms with Gasteiger partial charge in [0.2, 0.25) is 17.2 Å². The topological polar surface area (TPSA) is 160 Å². The zero-order valence-electron chi connectivity index (χ0n) is 80.0. The van der Waals surface area contributed by atoms with Crippen molar-refractivity contribution in [1.29, 1.82) is 0 Å². The summed E-state index contributed by atoms with van der Waals surface area (Å²) >= 11 is 13.1. The molecule has 0 saturated carbocycles. The fourth-order valence-electron chi connectivity index (χ4n) is 17.5. The van der Waals surface area contributed by atoms with Gasteiger partial charge >= 0.3 is 139 Å². The normalized spacial score (nSPS) is 12.5. The predicted octanol–water partition coefficient (Wildman–Crippen LogP) is 21.3. The van der Waals surface area contributed by atoms with E-state index in [1.165, 1.54) is 60.8 Å². The third kappa shape index (κ3) is 21.5. The minimum absolute atomic E-state index is 0. The molecule has 7 heterocycles. The van der Waals surface area contributed by atoms with E-state index in [-0.39, 0.29) is 175 Å². The second-order valence-corrected chi connectivity index (χ2v) is 35.7. The number of hydrogen-bond acceptors (Lipinski definition) is 11. The summed E-state index contributed by atoms with van der Waals surface area (Å²) < 4.78 is 34.3. The molecule has 3 aliphatic rings. The maximum atomic E-state index is 9.96. The summed E-state index contributed by atoms with van der Waals surface area (Å²) in [6, 6.07) is 135. The van der Waals surface area contributed by atoms with Crippen LogP contribution in [-0.2, 0) is 22.2 Å². The Labute approximate surface area is 938 Å². The summed E-state index contributed by atoms with van der Waals surface area (Å²) in [6.45, 7) is 8.37. The van der Waals surface area contributed by atoms with Crippen molar-refractivity contribution in [3.63, 3.8) is 0 Å². The van der Waals surface area contributed by atoms with Gasteiger partial charge in [0.25, 0.3) is 0 Å². The van der Waals surface area contributed by atoms with Gasteiger partial charge in [0.15, 0.2) is 34.9 Å². The standard InChI is InChI=1S/C39H25N5.C27H17BrN4.C19H21BO2.C15H10ClN3.C13H9Br.CH3F.2CH4.2K.Na.3H/c1-3-11-25(12-4-1)37-41-38(26-13-5-2-6-14-26)43-39(42-37)44-35-18-10-8-16-30(35)32-24-28(20-22-36(32)44)27-19-21-34-31(23-27)29-15-7-9-17-33(29)40-34;28-20-15-16-24-22(17-20)21-13-7-8-14-23(21)32(24)27-30-25(18-9-3-1-4-10-18)29-26(31-27)19-11-5-2-6-12-19;1-18(2)19(3,4)22-20(21-18)15-10-9-14-11-13-7-5-6-8-16(13)17(14)12-15;16-15-18-13(11-7-3-1-4-8-11)17-14(19-15)12-9-5-2-6-10-12;14-11-6-5-10-7-9-3-1-2-4-12(9)13(10)8-11;1-2;;;;;;;;/h1-24,40H;1-17H;5-10,12H,11H2,1-4H3;1-10H;1-6,8H,7H2;1H3;2*1H4;;;;;;/q;;;;;;;;3*+1;3*-1/i;;;;;1D;;;;;;;;. The molecule has 0 atom stereocenters. The number of fused-ring (bicyclic) bond motifs is 15. The van der Waals surface area contributed by atoms with Crippen LogP contribution in [0.15, 0.2) is 403 Å². The Balaban J connectivity index is 0.000000163. The number of H-pyrrole nitrogens is 1. The Morgan fingerprint density at radius 1 is 0.326 bits per heavy atom. The fraction of sp³-hybridized carbons (Fsp3) is 0.0948. The number of rotatable bonds is 10. The van der Waals surface area contributed by atoms with E-state index < -0.39 is 7.15 Å². The minimum Gasteiger partial charge on any atom is -1.00 e. The molecule has 0 bridgehead atoms. The van der Waals surface area contributed by atoms with Gasteiger partial charge in [0.1, 0.15) is 0 Å². The Hall–Kier alpha value is -10.6.